The number of likely N-dealkylation sites (N-methyl/N-ethyl adjacent to an activating group) is 1. The van der Waals surface area contributed by atoms with E-state index in [9.17, 15) is 12.8 Å². The number of hydrogen-bond acceptors (Lipinski definition) is 3. The maximum absolute atomic E-state index is 13.8. The minimum Gasteiger partial charge on any atom is -0.380 e. The highest BCUT2D eigenvalue weighted by molar-refractivity contribution is 7.89. The van der Waals surface area contributed by atoms with E-state index in [0.29, 0.717) is 24.7 Å². The molecule has 0 unspecified atom stereocenters. The third-order valence-electron chi connectivity index (χ3n) is 3.44. The second-order valence-corrected chi connectivity index (χ2v) is 7.52. The number of hydrogen-bond donors (Lipinski definition) is 0. The lowest BCUT2D eigenvalue weighted by molar-refractivity contribution is 0.117. The average Bonchev–Trinajstić information content (AvgIpc) is 3.27. The molecular weight excluding hydrogens is 317 g/mol. The number of nitrogens with zero attached hydrogens (tertiary/aromatic N) is 1. The molecule has 1 fully saturated rings. The minimum atomic E-state index is -3.87. The van der Waals surface area contributed by atoms with Gasteiger partial charge in [-0.05, 0) is 36.5 Å². The normalized spacial score (nSPS) is 15.6. The van der Waals surface area contributed by atoms with E-state index in [1.165, 1.54) is 32.0 Å². The molecular formula is C14H19ClFNO3S. The van der Waals surface area contributed by atoms with Crippen LogP contribution in [0.2, 0.25) is 0 Å². The summed E-state index contributed by atoms with van der Waals surface area (Å²) in [5, 5.41) is 0. The van der Waals surface area contributed by atoms with Crippen LogP contribution >= 0.6 is 11.6 Å². The Labute approximate surface area is 129 Å². The second-order valence-electron chi connectivity index (χ2n) is 5.24. The molecule has 1 aromatic rings. The third kappa shape index (κ3) is 4.39. The summed E-state index contributed by atoms with van der Waals surface area (Å²) in [5.41, 5.74) is 0.565. The Morgan fingerprint density at radius 2 is 2.14 bits per heavy atom. The van der Waals surface area contributed by atoms with E-state index in [0.717, 1.165) is 10.4 Å². The first-order chi connectivity index (χ1) is 9.95. The summed E-state index contributed by atoms with van der Waals surface area (Å²) in [6.07, 6.45) is 2.37. The summed E-state index contributed by atoms with van der Waals surface area (Å²) in [7, 11) is -2.45. The highest BCUT2D eigenvalue weighted by atomic mass is 35.5. The summed E-state index contributed by atoms with van der Waals surface area (Å²) < 4.78 is 45.0. The maximum Gasteiger partial charge on any atom is 0.245 e. The van der Waals surface area contributed by atoms with Crippen LogP contribution in [0.15, 0.2) is 23.1 Å². The van der Waals surface area contributed by atoms with Crippen LogP contribution in [0.1, 0.15) is 18.4 Å². The Kier molecular flexibility index (Phi) is 5.60. The van der Waals surface area contributed by atoms with E-state index >= 15 is 0 Å². The molecule has 0 N–H and O–H groups in total. The van der Waals surface area contributed by atoms with E-state index in [-0.39, 0.29) is 17.3 Å². The fourth-order valence-corrected chi connectivity index (χ4v) is 3.28. The Balaban J connectivity index is 2.01. The quantitative estimate of drug-likeness (QED) is 0.542. The number of rotatable bonds is 8. The SMILES string of the molecule is CN(CCOCC1CC1)S(=O)(=O)c1cc(CCl)ccc1F. The standard InChI is InChI=1S/C14H19ClFNO3S/c1-17(6-7-20-10-11-2-3-11)21(18,19)14-8-12(9-15)4-5-13(14)16/h4-5,8,11H,2-3,6-7,9-10H2,1H3. The first-order valence-electron chi connectivity index (χ1n) is 6.83. The van der Waals surface area contributed by atoms with E-state index in [1.54, 1.807) is 0 Å². The van der Waals surface area contributed by atoms with Crippen molar-refractivity contribution in [2.45, 2.75) is 23.6 Å². The number of halogens is 2. The van der Waals surface area contributed by atoms with Gasteiger partial charge in [0.05, 0.1) is 6.61 Å². The second kappa shape index (κ2) is 7.05. The lowest BCUT2D eigenvalue weighted by Crippen LogP contribution is -2.31. The molecule has 1 aromatic carbocycles. The summed E-state index contributed by atoms with van der Waals surface area (Å²) in [6, 6.07) is 3.88. The molecule has 0 radical (unpaired) electrons. The van der Waals surface area contributed by atoms with Crippen molar-refractivity contribution in [3.05, 3.63) is 29.6 Å². The summed E-state index contributed by atoms with van der Waals surface area (Å²) in [4.78, 5) is -0.342. The Morgan fingerprint density at radius 1 is 1.43 bits per heavy atom. The zero-order valence-electron chi connectivity index (χ0n) is 11.9. The van der Waals surface area contributed by atoms with E-state index < -0.39 is 15.8 Å². The molecule has 0 bridgehead atoms. The molecule has 0 heterocycles. The predicted octanol–water partition coefficient (Wildman–Crippen LogP) is 2.61. The van der Waals surface area contributed by atoms with Gasteiger partial charge >= 0.3 is 0 Å². The molecule has 2 rings (SSSR count). The van der Waals surface area contributed by atoms with Gasteiger partial charge in [0, 0.05) is 26.1 Å². The van der Waals surface area contributed by atoms with Crippen LogP contribution < -0.4 is 0 Å². The van der Waals surface area contributed by atoms with Crippen LogP contribution in [0.3, 0.4) is 0 Å². The smallest absolute Gasteiger partial charge is 0.245 e. The third-order valence-corrected chi connectivity index (χ3v) is 5.62. The molecule has 0 atom stereocenters. The number of ether oxygens (including phenoxy) is 1. The number of benzene rings is 1. The van der Waals surface area contributed by atoms with Crippen molar-refractivity contribution in [1.82, 2.24) is 4.31 Å². The van der Waals surface area contributed by atoms with Crippen LogP contribution in [-0.4, -0.2) is 39.5 Å². The van der Waals surface area contributed by atoms with Crippen LogP contribution in [0.4, 0.5) is 4.39 Å². The van der Waals surface area contributed by atoms with Gasteiger partial charge in [-0.2, -0.15) is 4.31 Å². The largest absolute Gasteiger partial charge is 0.380 e. The fraction of sp³-hybridized carbons (Fsp3) is 0.571. The molecule has 0 saturated heterocycles. The highest BCUT2D eigenvalue weighted by Crippen LogP contribution is 2.28. The number of alkyl halides is 1. The maximum atomic E-state index is 13.8. The minimum absolute atomic E-state index is 0.136. The van der Waals surface area contributed by atoms with Crippen molar-refractivity contribution in [3.63, 3.8) is 0 Å². The topological polar surface area (TPSA) is 46.6 Å². The molecule has 0 amide bonds. The molecule has 118 valence electrons. The van der Waals surface area contributed by atoms with Crippen molar-refractivity contribution in [2.75, 3.05) is 26.8 Å². The molecule has 1 saturated carbocycles. The van der Waals surface area contributed by atoms with Crippen LogP contribution in [0.5, 0.6) is 0 Å². The summed E-state index contributed by atoms with van der Waals surface area (Å²) in [6.45, 7) is 1.17. The van der Waals surface area contributed by atoms with Gasteiger partial charge in [-0.3, -0.25) is 0 Å². The average molecular weight is 336 g/mol. The van der Waals surface area contributed by atoms with Crippen LogP contribution in [0.25, 0.3) is 0 Å². The Hall–Kier alpha value is -0.690. The van der Waals surface area contributed by atoms with Gasteiger partial charge in [-0.25, -0.2) is 12.8 Å². The first kappa shape index (κ1) is 16.7. The van der Waals surface area contributed by atoms with E-state index in [4.69, 9.17) is 16.3 Å². The Bertz CT molecular complexity index is 590. The fourth-order valence-electron chi connectivity index (χ4n) is 1.84. The molecule has 1 aliphatic rings. The van der Waals surface area contributed by atoms with Gasteiger partial charge in [-0.1, -0.05) is 6.07 Å². The van der Waals surface area contributed by atoms with Gasteiger partial charge < -0.3 is 4.74 Å². The molecule has 4 nitrogen and oxygen atoms in total. The zero-order valence-corrected chi connectivity index (χ0v) is 13.5. The van der Waals surface area contributed by atoms with Crippen molar-refractivity contribution < 1.29 is 17.5 Å². The van der Waals surface area contributed by atoms with Gasteiger partial charge in [0.15, 0.2) is 0 Å². The summed E-state index contributed by atoms with van der Waals surface area (Å²) >= 11 is 5.67. The molecule has 7 heteroatoms. The predicted molar refractivity (Wildman–Crippen MR) is 79.3 cm³/mol. The van der Waals surface area contributed by atoms with Gasteiger partial charge in [0.1, 0.15) is 10.7 Å². The van der Waals surface area contributed by atoms with Crippen molar-refractivity contribution in [1.29, 1.82) is 0 Å². The molecule has 0 aromatic heterocycles. The van der Waals surface area contributed by atoms with Crippen molar-refractivity contribution in [3.8, 4) is 0 Å². The number of sulfonamides is 1. The lowest BCUT2D eigenvalue weighted by Gasteiger charge is -2.18. The lowest BCUT2D eigenvalue weighted by atomic mass is 10.2. The Morgan fingerprint density at radius 3 is 2.76 bits per heavy atom. The molecule has 0 spiro atoms. The first-order valence-corrected chi connectivity index (χ1v) is 8.81. The van der Waals surface area contributed by atoms with Gasteiger partial charge in [0.2, 0.25) is 10.0 Å². The zero-order chi connectivity index (χ0) is 15.5. The highest BCUT2D eigenvalue weighted by Gasteiger charge is 2.25. The van der Waals surface area contributed by atoms with E-state index in [2.05, 4.69) is 0 Å². The van der Waals surface area contributed by atoms with Crippen LogP contribution in [0, 0.1) is 11.7 Å². The molecule has 21 heavy (non-hydrogen) atoms. The van der Waals surface area contributed by atoms with E-state index in [1.807, 2.05) is 0 Å². The van der Waals surface area contributed by atoms with Gasteiger partial charge in [-0.15, -0.1) is 11.6 Å². The monoisotopic (exact) mass is 335 g/mol. The molecule has 1 aliphatic carbocycles. The molecule has 0 aliphatic heterocycles. The van der Waals surface area contributed by atoms with Crippen molar-refractivity contribution >= 4 is 21.6 Å². The van der Waals surface area contributed by atoms with Crippen molar-refractivity contribution in [2.24, 2.45) is 5.92 Å². The van der Waals surface area contributed by atoms with Crippen LogP contribution in [-0.2, 0) is 20.6 Å². The van der Waals surface area contributed by atoms with Gasteiger partial charge in [0.25, 0.3) is 0 Å². The summed E-state index contributed by atoms with van der Waals surface area (Å²) in [5.74, 6) is -0.00354.